The number of methoxy groups -OCH3 is 2. The highest BCUT2D eigenvalue weighted by molar-refractivity contribution is 6.25. The van der Waals surface area contributed by atoms with Gasteiger partial charge in [-0.15, -0.1) is 0 Å². The fourth-order valence-electron chi connectivity index (χ4n) is 7.00. The van der Waals surface area contributed by atoms with Crippen molar-refractivity contribution in [3.63, 3.8) is 0 Å². The summed E-state index contributed by atoms with van der Waals surface area (Å²) in [4.78, 5) is 44.0. The van der Waals surface area contributed by atoms with Crippen LogP contribution in [0.2, 0.25) is 0 Å². The second-order valence-electron chi connectivity index (χ2n) is 10.0. The molecule has 5 rings (SSSR count). The van der Waals surface area contributed by atoms with Crippen LogP contribution < -0.4 is 0 Å². The van der Waals surface area contributed by atoms with E-state index >= 15 is 0 Å². The SMILES string of the molecule is COC1=C(C)C(=O)C2=C(C1=O)[C@H](CO)N1[C@@H](C#N)[C@@H]3C(=O)C4=C([C@H](O)C(OC)=C(C)[C@@H]4O)[C@H]([C@@H]1C2)N3C. The Bertz CT molecular complexity index is 1300. The van der Waals surface area contributed by atoms with Crippen LogP contribution in [-0.2, 0) is 23.9 Å². The number of aliphatic hydroxyl groups excluding tert-OH is 3. The Morgan fingerprint density at radius 3 is 2.27 bits per heavy atom. The van der Waals surface area contributed by atoms with Crippen LogP contribution in [0.15, 0.2) is 45.0 Å². The number of fused-ring (bicyclic) bond motifs is 5. The summed E-state index contributed by atoms with van der Waals surface area (Å²) in [5.74, 6) is -1.42. The summed E-state index contributed by atoms with van der Waals surface area (Å²) in [6.45, 7) is 2.49. The standard InChI is InChI=1S/C26H29N3O8/c1-9-20(31)11-6-12-18-16-17(21(32)10(2)26(37-5)24(16)35)22(33)19(28(18)3)13(7-27)29(12)14(8-30)15(11)23(34)25(9)36-4/h12-14,18-19,21,24,30,32,35H,6,8H2,1-5H3/t12-,13-,14-,18-,19+,21-,24-/m0/s1. The van der Waals surface area contributed by atoms with Gasteiger partial charge in [0.15, 0.2) is 17.3 Å². The molecule has 1 saturated heterocycles. The quantitative estimate of drug-likeness (QED) is 0.395. The Morgan fingerprint density at radius 2 is 1.70 bits per heavy atom. The molecule has 0 aromatic heterocycles. The number of likely N-dealkylation sites (N-methyl/N-ethyl adjacent to an activating group) is 1. The van der Waals surface area contributed by atoms with Crippen molar-refractivity contribution in [1.29, 1.82) is 5.26 Å². The average Bonchev–Trinajstić information content (AvgIpc) is 2.87. The molecular weight excluding hydrogens is 482 g/mol. The van der Waals surface area contributed by atoms with Crippen molar-refractivity contribution in [2.24, 2.45) is 0 Å². The molecule has 0 spiro atoms. The molecule has 0 radical (unpaired) electrons. The highest BCUT2D eigenvalue weighted by Gasteiger charge is 2.62. The largest absolute Gasteiger partial charge is 0.498 e. The summed E-state index contributed by atoms with van der Waals surface area (Å²) in [6.07, 6.45) is -2.64. The first-order valence-corrected chi connectivity index (χ1v) is 12.0. The first kappa shape index (κ1) is 25.5. The lowest BCUT2D eigenvalue weighted by atomic mass is 9.66. The van der Waals surface area contributed by atoms with E-state index in [4.69, 9.17) is 9.47 Å². The van der Waals surface area contributed by atoms with Gasteiger partial charge < -0.3 is 24.8 Å². The van der Waals surface area contributed by atoms with Crippen LogP contribution in [0.4, 0.5) is 0 Å². The number of aliphatic hydroxyl groups is 3. The first-order valence-electron chi connectivity index (χ1n) is 12.0. The molecule has 1 fully saturated rings. The van der Waals surface area contributed by atoms with Gasteiger partial charge in [-0.2, -0.15) is 5.26 Å². The average molecular weight is 512 g/mol. The predicted octanol–water partition coefficient (Wildman–Crippen LogP) is -1.10. The van der Waals surface area contributed by atoms with Gasteiger partial charge in [0.1, 0.15) is 30.1 Å². The lowest BCUT2D eigenvalue weighted by Gasteiger charge is -2.60. The number of hydrogen-bond acceptors (Lipinski definition) is 11. The number of ketones is 3. The Balaban J connectivity index is 1.74. The number of hydrogen-bond donors (Lipinski definition) is 3. The molecule has 3 heterocycles. The van der Waals surface area contributed by atoms with E-state index in [1.165, 1.54) is 21.1 Å². The normalized spacial score (nSPS) is 36.4. The molecule has 0 aromatic carbocycles. The molecular formula is C26H29N3O8. The van der Waals surface area contributed by atoms with Crippen LogP contribution in [0.1, 0.15) is 20.3 Å². The number of allylic oxidation sites excluding steroid dienone is 2. The Labute approximate surface area is 213 Å². The predicted molar refractivity (Wildman–Crippen MR) is 126 cm³/mol. The van der Waals surface area contributed by atoms with Crippen LogP contribution >= 0.6 is 0 Å². The maximum atomic E-state index is 13.8. The van der Waals surface area contributed by atoms with Crippen LogP contribution in [-0.4, -0.2) is 113 Å². The molecule has 196 valence electrons. The zero-order valence-electron chi connectivity index (χ0n) is 21.2. The van der Waals surface area contributed by atoms with Gasteiger partial charge in [0, 0.05) is 33.9 Å². The Hall–Kier alpha value is -3.14. The van der Waals surface area contributed by atoms with Gasteiger partial charge in [-0.25, -0.2) is 0 Å². The molecule has 11 heteroatoms. The minimum Gasteiger partial charge on any atom is -0.498 e. The van der Waals surface area contributed by atoms with Crippen molar-refractivity contribution >= 4 is 17.3 Å². The minimum absolute atomic E-state index is 0.0305. The van der Waals surface area contributed by atoms with Crippen molar-refractivity contribution in [1.82, 2.24) is 9.80 Å². The van der Waals surface area contributed by atoms with Gasteiger partial charge in [-0.1, -0.05) is 0 Å². The number of carbonyl (C=O) groups is 3. The second-order valence-corrected chi connectivity index (χ2v) is 10.0. The molecule has 7 atom stereocenters. The van der Waals surface area contributed by atoms with Crippen LogP contribution in [0.25, 0.3) is 0 Å². The molecule has 5 aliphatic rings. The Morgan fingerprint density at radius 1 is 1.03 bits per heavy atom. The van der Waals surface area contributed by atoms with E-state index in [2.05, 4.69) is 6.07 Å². The zero-order valence-corrected chi connectivity index (χ0v) is 21.2. The van der Waals surface area contributed by atoms with Crippen LogP contribution in [0, 0.1) is 11.3 Å². The molecule has 0 unspecified atom stereocenters. The third kappa shape index (κ3) is 3.08. The van der Waals surface area contributed by atoms with Crippen molar-refractivity contribution in [2.45, 2.75) is 62.7 Å². The molecule has 0 aromatic rings. The van der Waals surface area contributed by atoms with E-state index in [-0.39, 0.29) is 51.6 Å². The summed E-state index contributed by atoms with van der Waals surface area (Å²) >= 11 is 0. The Kier molecular flexibility index (Phi) is 6.01. The zero-order chi connectivity index (χ0) is 27.1. The topological polar surface area (TPSA) is 161 Å². The van der Waals surface area contributed by atoms with Gasteiger partial charge in [-0.3, -0.25) is 24.2 Å². The van der Waals surface area contributed by atoms with E-state index in [1.54, 1.807) is 23.8 Å². The van der Waals surface area contributed by atoms with E-state index in [0.717, 1.165) is 0 Å². The molecule has 11 nitrogen and oxygen atoms in total. The van der Waals surface area contributed by atoms with Gasteiger partial charge in [-0.05, 0) is 32.9 Å². The molecule has 3 aliphatic heterocycles. The number of ether oxygens (including phenoxy) is 2. The fourth-order valence-corrected chi connectivity index (χ4v) is 7.00. The van der Waals surface area contributed by atoms with E-state index in [0.29, 0.717) is 5.57 Å². The van der Waals surface area contributed by atoms with E-state index < -0.39 is 60.6 Å². The van der Waals surface area contributed by atoms with Crippen LogP contribution in [0.3, 0.4) is 0 Å². The van der Waals surface area contributed by atoms with E-state index in [9.17, 15) is 35.0 Å². The summed E-state index contributed by atoms with van der Waals surface area (Å²) in [5, 5.41) is 43.2. The maximum Gasteiger partial charge on any atom is 0.226 e. The van der Waals surface area contributed by atoms with Gasteiger partial charge in [0.25, 0.3) is 0 Å². The molecule has 2 aliphatic carbocycles. The lowest BCUT2D eigenvalue weighted by Crippen LogP contribution is -2.76. The third-order valence-corrected chi connectivity index (χ3v) is 8.59. The van der Waals surface area contributed by atoms with Crippen LogP contribution in [0.5, 0.6) is 0 Å². The number of nitriles is 1. The monoisotopic (exact) mass is 511 g/mol. The number of piperazine rings is 1. The van der Waals surface area contributed by atoms with E-state index in [1.807, 2.05) is 0 Å². The smallest absolute Gasteiger partial charge is 0.226 e. The lowest BCUT2D eigenvalue weighted by molar-refractivity contribution is -0.136. The van der Waals surface area contributed by atoms with Crippen molar-refractivity contribution < 1.29 is 39.2 Å². The molecule has 0 saturated carbocycles. The van der Waals surface area contributed by atoms with Gasteiger partial charge >= 0.3 is 0 Å². The van der Waals surface area contributed by atoms with Gasteiger partial charge in [0.05, 0.1) is 39.0 Å². The third-order valence-electron chi connectivity index (χ3n) is 8.59. The fraction of sp³-hybridized carbons (Fsp3) is 0.538. The van der Waals surface area contributed by atoms with Crippen molar-refractivity contribution in [2.75, 3.05) is 27.9 Å². The minimum atomic E-state index is -1.34. The molecule has 3 N–H and O–H groups in total. The van der Waals surface area contributed by atoms with Gasteiger partial charge in [0.2, 0.25) is 5.78 Å². The maximum absolute atomic E-state index is 13.8. The number of nitrogens with zero attached hydrogens (tertiary/aromatic N) is 3. The van der Waals surface area contributed by atoms with Crippen molar-refractivity contribution in [3.05, 3.63) is 45.0 Å². The molecule has 37 heavy (non-hydrogen) atoms. The molecule has 2 bridgehead atoms. The number of carbonyl (C=O) groups excluding carboxylic acids is 3. The first-order chi connectivity index (χ1) is 17.6. The summed E-state index contributed by atoms with van der Waals surface area (Å²) < 4.78 is 10.6. The highest BCUT2D eigenvalue weighted by Crippen LogP contribution is 2.49. The second kappa shape index (κ2) is 8.72. The number of Topliss-reactive ketones (excluding diaryl/α,β-unsaturated/α-hetero) is 3. The summed E-state index contributed by atoms with van der Waals surface area (Å²) in [5.41, 5.74) is 1.01. The summed E-state index contributed by atoms with van der Waals surface area (Å²) in [6, 6.07) is -2.40. The molecule has 0 amide bonds. The van der Waals surface area contributed by atoms with Crippen molar-refractivity contribution in [3.8, 4) is 6.07 Å². The summed E-state index contributed by atoms with van der Waals surface area (Å²) in [7, 11) is 4.32. The number of rotatable bonds is 3. The highest BCUT2D eigenvalue weighted by atomic mass is 16.5.